The van der Waals surface area contributed by atoms with E-state index in [0.29, 0.717) is 37.3 Å². The van der Waals surface area contributed by atoms with Gasteiger partial charge in [-0.2, -0.15) is 5.10 Å². The van der Waals surface area contributed by atoms with Gasteiger partial charge in [-0.25, -0.2) is 13.9 Å². The first-order valence-corrected chi connectivity index (χ1v) is 10.2. The van der Waals surface area contributed by atoms with Gasteiger partial charge >= 0.3 is 17.8 Å². The van der Waals surface area contributed by atoms with Crippen LogP contribution in [0.4, 0.5) is 10.4 Å². The maximum absolute atomic E-state index is 14.3. The van der Waals surface area contributed by atoms with E-state index in [1.54, 1.807) is 29.6 Å². The zero-order valence-corrected chi connectivity index (χ0v) is 16.5. The summed E-state index contributed by atoms with van der Waals surface area (Å²) in [6.45, 7) is 1.95. The van der Waals surface area contributed by atoms with Crippen LogP contribution in [0.15, 0.2) is 35.1 Å². The third-order valence-corrected chi connectivity index (χ3v) is 5.91. The summed E-state index contributed by atoms with van der Waals surface area (Å²) in [5.74, 6) is -0.633. The Bertz CT molecular complexity index is 1270. The largest absolute Gasteiger partial charge is 0.399 e. The summed E-state index contributed by atoms with van der Waals surface area (Å²) in [5.41, 5.74) is 2.71. The first-order chi connectivity index (χ1) is 15.2. The zero-order chi connectivity index (χ0) is 20.9. The number of fused-ring (bicyclic) bond motifs is 2. The lowest BCUT2D eigenvalue weighted by Crippen LogP contribution is -2.37. The third kappa shape index (κ3) is 2.87. The number of H-pyrrole nitrogens is 1. The van der Waals surface area contributed by atoms with Gasteiger partial charge in [0.2, 0.25) is 0 Å². The number of nitrogens with one attached hydrogen (secondary N) is 1. The van der Waals surface area contributed by atoms with E-state index in [2.05, 4.69) is 25.3 Å². The van der Waals surface area contributed by atoms with E-state index in [0.717, 1.165) is 24.2 Å². The molecule has 0 unspecified atom stereocenters. The molecule has 1 saturated heterocycles. The van der Waals surface area contributed by atoms with Crippen molar-refractivity contribution in [1.82, 2.24) is 34.7 Å². The molecule has 0 spiro atoms. The Balaban J connectivity index is 1.40. The number of nitrogens with zero attached hydrogens (tertiary/aromatic N) is 7. The number of rotatable bonds is 3. The minimum absolute atomic E-state index is 0.0236. The Morgan fingerprint density at radius 3 is 2.94 bits per heavy atom. The number of imidazole rings is 1. The van der Waals surface area contributed by atoms with E-state index in [-0.39, 0.29) is 23.6 Å². The van der Waals surface area contributed by atoms with Crippen LogP contribution in [0.3, 0.4) is 0 Å². The van der Waals surface area contributed by atoms with Crippen LogP contribution in [0.25, 0.3) is 5.52 Å². The van der Waals surface area contributed by atoms with Gasteiger partial charge in [-0.15, -0.1) is 5.10 Å². The van der Waals surface area contributed by atoms with Gasteiger partial charge in [-0.3, -0.25) is 4.79 Å². The molecule has 1 amide bonds. The first-order valence-electron chi connectivity index (χ1n) is 10.2. The van der Waals surface area contributed by atoms with E-state index in [9.17, 15) is 9.18 Å². The second kappa shape index (κ2) is 6.89. The average molecular weight is 422 g/mol. The van der Waals surface area contributed by atoms with Crippen molar-refractivity contribution in [2.24, 2.45) is 0 Å². The smallest absolute Gasteiger partial charge is 0.319 e. The predicted octanol–water partition coefficient (Wildman–Crippen LogP) is 1.97. The van der Waals surface area contributed by atoms with Crippen molar-refractivity contribution < 1.29 is 13.6 Å². The summed E-state index contributed by atoms with van der Waals surface area (Å²) in [7, 11) is 0. The molecule has 6 rings (SSSR count). The minimum atomic E-state index is -0.454. The maximum atomic E-state index is 14.3. The van der Waals surface area contributed by atoms with E-state index >= 15 is 0 Å². The number of anilines is 1. The molecule has 0 radical (unpaired) electrons. The molecule has 2 aliphatic rings. The number of amides is 1. The predicted molar refractivity (Wildman–Crippen MR) is 106 cm³/mol. The summed E-state index contributed by atoms with van der Waals surface area (Å²) in [6, 6.07) is 4.46. The number of halogens is 1. The Labute approximate surface area is 175 Å². The molecule has 1 N–H and O–H groups in total. The van der Waals surface area contributed by atoms with Gasteiger partial charge in [0.25, 0.3) is 0 Å². The number of aromatic nitrogens is 6. The molecule has 1 fully saturated rings. The Hall–Kier alpha value is -3.76. The van der Waals surface area contributed by atoms with Gasteiger partial charge in [0.1, 0.15) is 17.4 Å². The van der Waals surface area contributed by atoms with Gasteiger partial charge in [-0.05, 0) is 31.0 Å². The van der Waals surface area contributed by atoms with Gasteiger partial charge in [0.05, 0.1) is 17.7 Å². The highest BCUT2D eigenvalue weighted by Gasteiger charge is 2.37. The second-order valence-corrected chi connectivity index (χ2v) is 7.76. The van der Waals surface area contributed by atoms with E-state index < -0.39 is 6.04 Å². The van der Waals surface area contributed by atoms with Gasteiger partial charge < -0.3 is 19.2 Å². The van der Waals surface area contributed by atoms with Crippen LogP contribution >= 0.6 is 0 Å². The lowest BCUT2D eigenvalue weighted by molar-refractivity contribution is 0.0753. The molecule has 0 aromatic carbocycles. The fourth-order valence-electron chi connectivity index (χ4n) is 4.39. The molecule has 0 bridgehead atoms. The van der Waals surface area contributed by atoms with Crippen LogP contribution in [-0.2, 0) is 6.42 Å². The van der Waals surface area contributed by atoms with Crippen LogP contribution in [0.5, 0.6) is 0 Å². The monoisotopic (exact) mass is 422 g/mol. The highest BCUT2D eigenvalue weighted by atomic mass is 19.1. The highest BCUT2D eigenvalue weighted by Crippen LogP contribution is 2.36. The summed E-state index contributed by atoms with van der Waals surface area (Å²) in [4.78, 5) is 23.9. The molecular formula is C20H19FN8O2. The number of pyridine rings is 1. The van der Waals surface area contributed by atoms with Crippen LogP contribution in [0.2, 0.25) is 0 Å². The van der Waals surface area contributed by atoms with Crippen molar-refractivity contribution in [2.75, 3.05) is 24.5 Å². The summed E-state index contributed by atoms with van der Waals surface area (Å²) >= 11 is 0. The molecule has 11 heteroatoms. The van der Waals surface area contributed by atoms with Crippen LogP contribution in [0, 0.1) is 5.82 Å². The molecule has 4 aromatic heterocycles. The molecule has 158 valence electrons. The minimum Gasteiger partial charge on any atom is -0.399 e. The van der Waals surface area contributed by atoms with E-state index in [1.807, 2.05) is 4.90 Å². The van der Waals surface area contributed by atoms with Crippen LogP contribution < -0.4 is 4.90 Å². The van der Waals surface area contributed by atoms with Gasteiger partial charge in [0.15, 0.2) is 0 Å². The van der Waals surface area contributed by atoms with Crippen molar-refractivity contribution in [3.63, 3.8) is 0 Å². The van der Waals surface area contributed by atoms with Gasteiger partial charge in [-0.1, -0.05) is 5.10 Å². The lowest BCUT2D eigenvalue weighted by atomic mass is 10.0. The zero-order valence-electron chi connectivity index (χ0n) is 16.5. The van der Waals surface area contributed by atoms with Crippen molar-refractivity contribution >= 4 is 17.4 Å². The Kier molecular flexibility index (Phi) is 4.01. The molecule has 0 saturated carbocycles. The molecule has 4 aromatic rings. The number of carbonyl (C=O) groups is 1. The normalized spacial score (nSPS) is 18.7. The SMILES string of the molecule is O=C(c1nnc(N2CCc3[nH]cnc3[C@@H]2c2cc3c(F)cccn3n2)o1)N1CCCC1. The number of aromatic amines is 1. The standard InChI is InChI=1S/C20H19FN8O2/c21-12-4-3-8-29-15(12)10-14(26-29)17-16-13(22-11-23-16)5-9-28(17)20-25-24-18(31-20)19(30)27-6-1-2-7-27/h3-4,8,10-11,17H,1-2,5-7,9H2,(H,22,23)/t17-/m0/s1. The Morgan fingerprint density at radius 2 is 2.10 bits per heavy atom. The molecule has 6 heterocycles. The molecular weight excluding hydrogens is 403 g/mol. The number of likely N-dealkylation sites (tertiary alicyclic amines) is 1. The van der Waals surface area contributed by atoms with Crippen molar-refractivity contribution in [1.29, 1.82) is 0 Å². The van der Waals surface area contributed by atoms with Crippen molar-refractivity contribution in [3.8, 4) is 0 Å². The van der Waals surface area contributed by atoms with Gasteiger partial charge in [0, 0.05) is 37.9 Å². The van der Waals surface area contributed by atoms with Crippen molar-refractivity contribution in [2.45, 2.75) is 25.3 Å². The summed E-state index contributed by atoms with van der Waals surface area (Å²) < 4.78 is 21.6. The third-order valence-electron chi connectivity index (χ3n) is 5.91. The molecule has 0 aliphatic carbocycles. The van der Waals surface area contributed by atoms with E-state index in [4.69, 9.17) is 4.42 Å². The highest BCUT2D eigenvalue weighted by molar-refractivity contribution is 5.89. The topological polar surface area (TPSA) is 108 Å². The van der Waals surface area contributed by atoms with Crippen molar-refractivity contribution in [3.05, 3.63) is 59.5 Å². The fourth-order valence-corrected chi connectivity index (χ4v) is 4.39. The first kappa shape index (κ1) is 18.0. The molecule has 10 nitrogen and oxygen atoms in total. The lowest BCUT2D eigenvalue weighted by Gasteiger charge is -2.32. The Morgan fingerprint density at radius 1 is 1.23 bits per heavy atom. The maximum Gasteiger partial charge on any atom is 0.319 e. The molecule has 2 aliphatic heterocycles. The number of hydrogen-bond acceptors (Lipinski definition) is 7. The van der Waals surface area contributed by atoms with E-state index in [1.165, 1.54) is 10.6 Å². The van der Waals surface area contributed by atoms with Crippen LogP contribution in [-0.4, -0.2) is 60.2 Å². The molecule has 1 atom stereocenters. The second-order valence-electron chi connectivity index (χ2n) is 7.76. The average Bonchev–Trinajstić information content (AvgIpc) is 3.58. The summed E-state index contributed by atoms with van der Waals surface area (Å²) in [6.07, 6.45) is 5.97. The van der Waals surface area contributed by atoms with Crippen LogP contribution in [0.1, 0.15) is 46.7 Å². The summed E-state index contributed by atoms with van der Waals surface area (Å²) in [5, 5.41) is 12.7. The fraction of sp³-hybridized carbons (Fsp3) is 0.350. The number of carbonyl (C=O) groups excluding carboxylic acids is 1. The quantitative estimate of drug-likeness (QED) is 0.538. The number of hydrogen-bond donors (Lipinski definition) is 1. The molecule has 31 heavy (non-hydrogen) atoms.